The Kier molecular flexibility index (Phi) is 5.01. The second-order valence-corrected chi connectivity index (χ2v) is 6.71. The Morgan fingerprint density at radius 3 is 3.00 bits per heavy atom. The van der Waals surface area contributed by atoms with Gasteiger partial charge in [-0.15, -0.1) is 0 Å². The second kappa shape index (κ2) is 7.18. The minimum atomic E-state index is 0.420. The van der Waals surface area contributed by atoms with Crippen molar-refractivity contribution in [2.45, 2.75) is 51.6 Å². The normalized spacial score (nSPS) is 17.3. The van der Waals surface area contributed by atoms with Gasteiger partial charge in [0.05, 0.1) is 13.3 Å². The van der Waals surface area contributed by atoms with Gasteiger partial charge in [-0.3, -0.25) is 4.68 Å². The summed E-state index contributed by atoms with van der Waals surface area (Å²) in [6.07, 6.45) is 7.80. The van der Waals surface area contributed by atoms with Crippen LogP contribution in [-0.2, 0) is 13.0 Å². The second-order valence-electron chi connectivity index (χ2n) is 6.71. The Hall–Kier alpha value is -1.81. The molecule has 0 saturated heterocycles. The van der Waals surface area contributed by atoms with Crippen LogP contribution >= 0.6 is 0 Å². The summed E-state index contributed by atoms with van der Waals surface area (Å²) in [5, 5.41) is 8.01. The molecular weight excluding hydrogens is 286 g/mol. The van der Waals surface area contributed by atoms with Gasteiger partial charge in [-0.2, -0.15) is 5.10 Å². The molecule has 1 aliphatic carbocycles. The molecule has 1 aromatic heterocycles. The maximum Gasteiger partial charge on any atom is 0.119 e. The van der Waals surface area contributed by atoms with Gasteiger partial charge in [0.15, 0.2) is 0 Å². The van der Waals surface area contributed by atoms with Gasteiger partial charge in [-0.05, 0) is 62.3 Å². The molecule has 1 aliphatic rings. The highest BCUT2D eigenvalue weighted by Gasteiger charge is 2.20. The van der Waals surface area contributed by atoms with Gasteiger partial charge >= 0.3 is 0 Å². The minimum absolute atomic E-state index is 0.420. The molecule has 0 fully saturated rings. The van der Waals surface area contributed by atoms with Crippen LogP contribution in [0.1, 0.15) is 55.3 Å². The Morgan fingerprint density at radius 1 is 1.39 bits per heavy atom. The van der Waals surface area contributed by atoms with E-state index in [2.05, 4.69) is 48.7 Å². The minimum Gasteiger partial charge on any atom is -0.497 e. The fraction of sp³-hybridized carbons (Fsp3) is 0.526. The predicted molar refractivity (Wildman–Crippen MR) is 93.0 cm³/mol. The molecule has 124 valence electrons. The van der Waals surface area contributed by atoms with Crippen molar-refractivity contribution in [3.63, 3.8) is 0 Å². The smallest absolute Gasteiger partial charge is 0.119 e. The topological polar surface area (TPSA) is 39.1 Å². The van der Waals surface area contributed by atoms with E-state index in [0.717, 1.165) is 18.8 Å². The first kappa shape index (κ1) is 16.1. The number of nitrogens with zero attached hydrogens (tertiary/aromatic N) is 2. The summed E-state index contributed by atoms with van der Waals surface area (Å²) in [5.41, 5.74) is 4.20. The van der Waals surface area contributed by atoms with Crippen LogP contribution in [0.4, 0.5) is 0 Å². The maximum atomic E-state index is 5.35. The lowest BCUT2D eigenvalue weighted by atomic mass is 9.82. The number of aryl methyl sites for hydroxylation is 1. The molecule has 0 aliphatic heterocycles. The SMILES string of the molecule is COc1ccc2c(c1)CCCC2CNCc1cnn(C(C)C)c1. The summed E-state index contributed by atoms with van der Waals surface area (Å²) in [7, 11) is 1.74. The zero-order valence-corrected chi connectivity index (χ0v) is 14.4. The zero-order chi connectivity index (χ0) is 16.2. The highest BCUT2D eigenvalue weighted by atomic mass is 16.5. The van der Waals surface area contributed by atoms with Crippen LogP contribution in [0.5, 0.6) is 5.75 Å². The molecule has 1 heterocycles. The average Bonchev–Trinajstić information content (AvgIpc) is 3.03. The van der Waals surface area contributed by atoms with E-state index < -0.39 is 0 Å². The van der Waals surface area contributed by atoms with E-state index in [1.165, 1.54) is 36.0 Å². The van der Waals surface area contributed by atoms with E-state index in [4.69, 9.17) is 4.74 Å². The molecule has 4 nitrogen and oxygen atoms in total. The third-order valence-electron chi connectivity index (χ3n) is 4.69. The molecule has 1 N–H and O–H groups in total. The van der Waals surface area contributed by atoms with Crippen molar-refractivity contribution in [1.29, 1.82) is 0 Å². The van der Waals surface area contributed by atoms with Gasteiger partial charge in [0.25, 0.3) is 0 Å². The van der Waals surface area contributed by atoms with Gasteiger partial charge in [-0.25, -0.2) is 0 Å². The number of methoxy groups -OCH3 is 1. The first-order valence-corrected chi connectivity index (χ1v) is 8.58. The summed E-state index contributed by atoms with van der Waals surface area (Å²) < 4.78 is 7.36. The number of rotatable bonds is 6. The Morgan fingerprint density at radius 2 is 2.26 bits per heavy atom. The zero-order valence-electron chi connectivity index (χ0n) is 14.4. The van der Waals surface area contributed by atoms with Crippen molar-refractivity contribution >= 4 is 0 Å². The molecule has 1 aromatic carbocycles. The monoisotopic (exact) mass is 313 g/mol. The number of benzene rings is 1. The fourth-order valence-electron chi connectivity index (χ4n) is 3.37. The Bertz CT molecular complexity index is 648. The van der Waals surface area contributed by atoms with Crippen LogP contribution in [0.15, 0.2) is 30.6 Å². The van der Waals surface area contributed by atoms with Crippen molar-refractivity contribution in [2.75, 3.05) is 13.7 Å². The molecule has 1 atom stereocenters. The number of hydrogen-bond acceptors (Lipinski definition) is 3. The van der Waals surface area contributed by atoms with Gasteiger partial charge in [0.1, 0.15) is 5.75 Å². The first-order chi connectivity index (χ1) is 11.2. The van der Waals surface area contributed by atoms with E-state index in [1.54, 1.807) is 7.11 Å². The molecule has 2 aromatic rings. The standard InChI is InChI=1S/C19H27N3O/c1-14(2)22-13-15(11-21-22)10-20-12-17-6-4-5-16-9-18(23-3)7-8-19(16)17/h7-9,11,13-14,17,20H,4-6,10,12H2,1-3H3. The molecule has 0 bridgehead atoms. The van der Waals surface area contributed by atoms with Gasteiger partial charge in [-0.1, -0.05) is 6.07 Å². The quantitative estimate of drug-likeness (QED) is 0.884. The van der Waals surface area contributed by atoms with E-state index in [0.29, 0.717) is 12.0 Å². The van der Waals surface area contributed by atoms with E-state index in [1.807, 2.05) is 10.9 Å². The predicted octanol–water partition coefficient (Wildman–Crippen LogP) is 3.68. The van der Waals surface area contributed by atoms with Crippen LogP contribution < -0.4 is 10.1 Å². The van der Waals surface area contributed by atoms with E-state index in [9.17, 15) is 0 Å². The number of nitrogens with one attached hydrogen (secondary N) is 1. The van der Waals surface area contributed by atoms with Crippen molar-refractivity contribution in [3.05, 3.63) is 47.3 Å². The molecule has 3 rings (SSSR count). The number of fused-ring (bicyclic) bond motifs is 1. The molecule has 4 heteroatoms. The fourth-order valence-corrected chi connectivity index (χ4v) is 3.37. The first-order valence-electron chi connectivity index (χ1n) is 8.58. The van der Waals surface area contributed by atoms with Gasteiger partial charge < -0.3 is 10.1 Å². The van der Waals surface area contributed by atoms with Crippen molar-refractivity contribution in [2.24, 2.45) is 0 Å². The van der Waals surface area contributed by atoms with E-state index in [-0.39, 0.29) is 0 Å². The lowest BCUT2D eigenvalue weighted by Crippen LogP contribution is -2.24. The van der Waals surface area contributed by atoms with Crippen LogP contribution in [0, 0.1) is 0 Å². The average molecular weight is 313 g/mol. The summed E-state index contributed by atoms with van der Waals surface area (Å²) in [6, 6.07) is 6.96. The molecule has 0 radical (unpaired) electrons. The highest BCUT2D eigenvalue weighted by Crippen LogP contribution is 2.33. The largest absolute Gasteiger partial charge is 0.497 e. The highest BCUT2D eigenvalue weighted by molar-refractivity contribution is 5.39. The van der Waals surface area contributed by atoms with Crippen LogP contribution in [0.2, 0.25) is 0 Å². The lowest BCUT2D eigenvalue weighted by Gasteiger charge is -2.26. The summed E-state index contributed by atoms with van der Waals surface area (Å²) in [4.78, 5) is 0. The molecule has 0 spiro atoms. The van der Waals surface area contributed by atoms with Crippen molar-refractivity contribution in [1.82, 2.24) is 15.1 Å². The third kappa shape index (κ3) is 3.75. The van der Waals surface area contributed by atoms with Gasteiger partial charge in [0, 0.05) is 30.9 Å². The summed E-state index contributed by atoms with van der Waals surface area (Å²) in [6.45, 7) is 6.20. The summed E-state index contributed by atoms with van der Waals surface area (Å²) >= 11 is 0. The molecule has 23 heavy (non-hydrogen) atoms. The number of aromatic nitrogens is 2. The van der Waals surface area contributed by atoms with E-state index >= 15 is 0 Å². The molecule has 0 amide bonds. The molecule has 1 unspecified atom stereocenters. The molecular formula is C19H27N3O. The third-order valence-corrected chi connectivity index (χ3v) is 4.69. The lowest BCUT2D eigenvalue weighted by molar-refractivity contribution is 0.412. The Labute approximate surface area is 138 Å². The number of ether oxygens (including phenoxy) is 1. The molecule has 0 saturated carbocycles. The van der Waals surface area contributed by atoms with Crippen LogP contribution in [0.3, 0.4) is 0 Å². The Balaban J connectivity index is 1.59. The van der Waals surface area contributed by atoms with Crippen molar-refractivity contribution < 1.29 is 4.74 Å². The van der Waals surface area contributed by atoms with Crippen LogP contribution in [-0.4, -0.2) is 23.4 Å². The van der Waals surface area contributed by atoms with Crippen molar-refractivity contribution in [3.8, 4) is 5.75 Å². The maximum absolute atomic E-state index is 5.35. The van der Waals surface area contributed by atoms with Gasteiger partial charge in [0.2, 0.25) is 0 Å². The van der Waals surface area contributed by atoms with Crippen LogP contribution in [0.25, 0.3) is 0 Å². The number of hydrogen-bond donors (Lipinski definition) is 1. The summed E-state index contributed by atoms with van der Waals surface area (Å²) in [5.74, 6) is 1.57.